The van der Waals surface area contributed by atoms with Gasteiger partial charge in [0.1, 0.15) is 18.0 Å². The first-order valence-electron chi connectivity index (χ1n) is 10.6. The number of nitrogens with zero attached hydrogens (tertiary/aromatic N) is 3. The van der Waals surface area contributed by atoms with Crippen molar-refractivity contribution in [2.24, 2.45) is 4.99 Å². The SMILES string of the molecule is CCNC(=NCc1cc(CC)no1)NC1CCN(c2cc(OC)cc(OC)c2)CC1. The number of ether oxygens (including phenoxy) is 2. The Morgan fingerprint density at radius 3 is 2.40 bits per heavy atom. The predicted molar refractivity (Wildman–Crippen MR) is 119 cm³/mol. The fourth-order valence-corrected chi connectivity index (χ4v) is 3.52. The van der Waals surface area contributed by atoms with Gasteiger partial charge in [-0.1, -0.05) is 12.1 Å². The topological polar surface area (TPSA) is 84.2 Å². The van der Waals surface area contributed by atoms with E-state index in [1.54, 1.807) is 14.2 Å². The smallest absolute Gasteiger partial charge is 0.191 e. The summed E-state index contributed by atoms with van der Waals surface area (Å²) in [6.07, 6.45) is 2.90. The number of anilines is 1. The van der Waals surface area contributed by atoms with Crippen LogP contribution < -0.4 is 25.0 Å². The van der Waals surface area contributed by atoms with Gasteiger partial charge < -0.3 is 29.5 Å². The lowest BCUT2D eigenvalue weighted by Crippen LogP contribution is -2.48. The number of methoxy groups -OCH3 is 2. The van der Waals surface area contributed by atoms with Crippen LogP contribution in [0.25, 0.3) is 0 Å². The van der Waals surface area contributed by atoms with Crippen molar-refractivity contribution in [2.45, 2.75) is 45.7 Å². The molecule has 8 nitrogen and oxygen atoms in total. The van der Waals surface area contributed by atoms with Gasteiger partial charge in [0, 0.05) is 55.6 Å². The quantitative estimate of drug-likeness (QED) is 0.506. The van der Waals surface area contributed by atoms with Gasteiger partial charge in [-0.2, -0.15) is 0 Å². The highest BCUT2D eigenvalue weighted by Crippen LogP contribution is 2.30. The molecule has 1 aliphatic rings. The number of rotatable bonds is 8. The summed E-state index contributed by atoms with van der Waals surface area (Å²) in [5, 5.41) is 10.9. The number of piperidine rings is 1. The maximum atomic E-state index is 5.41. The molecule has 2 aromatic rings. The number of benzene rings is 1. The van der Waals surface area contributed by atoms with E-state index in [1.807, 2.05) is 12.1 Å². The molecule has 0 atom stereocenters. The number of guanidine groups is 1. The molecule has 1 aromatic heterocycles. The average molecular weight is 416 g/mol. The van der Waals surface area contributed by atoms with Crippen LogP contribution in [0.1, 0.15) is 38.1 Å². The number of aryl methyl sites for hydroxylation is 1. The predicted octanol–water partition coefficient (Wildman–Crippen LogP) is 2.98. The van der Waals surface area contributed by atoms with Crippen LogP contribution in [0.3, 0.4) is 0 Å². The molecule has 1 saturated heterocycles. The Morgan fingerprint density at radius 1 is 1.13 bits per heavy atom. The zero-order valence-electron chi connectivity index (χ0n) is 18.4. The van der Waals surface area contributed by atoms with Gasteiger partial charge in [0.2, 0.25) is 0 Å². The molecular formula is C22H33N5O3. The first-order chi connectivity index (χ1) is 14.6. The second kappa shape index (κ2) is 10.8. The van der Waals surface area contributed by atoms with E-state index in [2.05, 4.69) is 51.7 Å². The molecule has 164 valence electrons. The van der Waals surface area contributed by atoms with E-state index in [0.29, 0.717) is 12.6 Å². The molecule has 2 heterocycles. The minimum Gasteiger partial charge on any atom is -0.497 e. The lowest BCUT2D eigenvalue weighted by molar-refractivity contribution is 0.379. The molecule has 0 spiro atoms. The number of aromatic nitrogens is 1. The maximum Gasteiger partial charge on any atom is 0.191 e. The van der Waals surface area contributed by atoms with Gasteiger partial charge in [-0.15, -0.1) is 0 Å². The highest BCUT2D eigenvalue weighted by atomic mass is 16.5. The second-order valence-corrected chi connectivity index (χ2v) is 7.31. The molecular weight excluding hydrogens is 382 g/mol. The monoisotopic (exact) mass is 415 g/mol. The molecule has 2 N–H and O–H groups in total. The van der Waals surface area contributed by atoms with Gasteiger partial charge in [-0.3, -0.25) is 0 Å². The Bertz CT molecular complexity index is 806. The highest BCUT2D eigenvalue weighted by molar-refractivity contribution is 5.80. The zero-order valence-corrected chi connectivity index (χ0v) is 18.4. The van der Waals surface area contributed by atoms with Crippen LogP contribution in [0.2, 0.25) is 0 Å². The Labute approximate surface area is 178 Å². The van der Waals surface area contributed by atoms with Crippen LogP contribution in [0.5, 0.6) is 11.5 Å². The van der Waals surface area contributed by atoms with Crippen molar-refractivity contribution in [3.63, 3.8) is 0 Å². The molecule has 0 amide bonds. The van der Waals surface area contributed by atoms with Gasteiger partial charge in [0.05, 0.1) is 19.9 Å². The van der Waals surface area contributed by atoms with E-state index in [0.717, 1.165) is 73.5 Å². The van der Waals surface area contributed by atoms with Crippen molar-refractivity contribution < 1.29 is 14.0 Å². The largest absolute Gasteiger partial charge is 0.497 e. The van der Waals surface area contributed by atoms with Gasteiger partial charge >= 0.3 is 0 Å². The maximum absolute atomic E-state index is 5.41. The molecule has 0 unspecified atom stereocenters. The van der Waals surface area contributed by atoms with Crippen LogP contribution >= 0.6 is 0 Å². The Balaban J connectivity index is 1.57. The molecule has 8 heteroatoms. The first-order valence-corrected chi connectivity index (χ1v) is 10.6. The third kappa shape index (κ3) is 5.81. The summed E-state index contributed by atoms with van der Waals surface area (Å²) in [6.45, 7) is 7.32. The van der Waals surface area contributed by atoms with Crippen LogP contribution in [-0.2, 0) is 13.0 Å². The number of nitrogens with one attached hydrogen (secondary N) is 2. The van der Waals surface area contributed by atoms with Gasteiger partial charge in [-0.05, 0) is 26.2 Å². The van der Waals surface area contributed by atoms with E-state index in [9.17, 15) is 0 Å². The molecule has 0 bridgehead atoms. The summed E-state index contributed by atoms with van der Waals surface area (Å²) in [6, 6.07) is 8.35. The van der Waals surface area contributed by atoms with Crippen LogP contribution in [0, 0.1) is 0 Å². The zero-order chi connectivity index (χ0) is 21.3. The molecule has 0 aliphatic carbocycles. The second-order valence-electron chi connectivity index (χ2n) is 7.31. The molecule has 1 aliphatic heterocycles. The van der Waals surface area contributed by atoms with E-state index in [1.165, 1.54) is 0 Å². The van der Waals surface area contributed by atoms with Gasteiger partial charge in [0.15, 0.2) is 11.7 Å². The number of hydrogen-bond donors (Lipinski definition) is 2. The first kappa shape index (κ1) is 21.8. The Hall–Kier alpha value is -2.90. The van der Waals surface area contributed by atoms with Crippen molar-refractivity contribution in [1.82, 2.24) is 15.8 Å². The molecule has 0 saturated carbocycles. The normalized spacial score (nSPS) is 15.2. The summed E-state index contributed by atoms with van der Waals surface area (Å²) in [4.78, 5) is 7.03. The van der Waals surface area contributed by atoms with Crippen LogP contribution in [0.4, 0.5) is 5.69 Å². The Kier molecular flexibility index (Phi) is 7.82. The highest BCUT2D eigenvalue weighted by Gasteiger charge is 2.21. The summed E-state index contributed by atoms with van der Waals surface area (Å²) in [7, 11) is 3.36. The average Bonchev–Trinajstić information content (AvgIpc) is 3.26. The Morgan fingerprint density at radius 2 is 1.83 bits per heavy atom. The molecule has 0 radical (unpaired) electrons. The standard InChI is InChI=1S/C22H33N5O3/c1-5-16-11-21(30-26-16)15-24-22(23-6-2)25-17-7-9-27(10-8-17)18-12-19(28-3)14-20(13-18)29-4/h11-14,17H,5-10,15H2,1-4H3,(H2,23,24,25). The van der Waals surface area contributed by atoms with Gasteiger partial charge in [0.25, 0.3) is 0 Å². The minimum absolute atomic E-state index is 0.368. The van der Waals surface area contributed by atoms with Crippen molar-refractivity contribution in [3.05, 3.63) is 35.7 Å². The van der Waals surface area contributed by atoms with Crippen molar-refractivity contribution in [3.8, 4) is 11.5 Å². The molecule has 3 rings (SSSR count). The summed E-state index contributed by atoms with van der Waals surface area (Å²) in [5.74, 6) is 3.22. The van der Waals surface area contributed by atoms with E-state index in [-0.39, 0.29) is 0 Å². The van der Waals surface area contributed by atoms with E-state index >= 15 is 0 Å². The molecule has 1 aromatic carbocycles. The third-order valence-corrected chi connectivity index (χ3v) is 5.24. The summed E-state index contributed by atoms with van der Waals surface area (Å²) < 4.78 is 16.1. The van der Waals surface area contributed by atoms with Crippen molar-refractivity contribution in [2.75, 3.05) is 38.8 Å². The van der Waals surface area contributed by atoms with Crippen molar-refractivity contribution in [1.29, 1.82) is 0 Å². The van der Waals surface area contributed by atoms with Gasteiger partial charge in [-0.25, -0.2) is 4.99 Å². The van der Waals surface area contributed by atoms with E-state index < -0.39 is 0 Å². The van der Waals surface area contributed by atoms with E-state index in [4.69, 9.17) is 14.0 Å². The number of aliphatic imine (C=N–C) groups is 1. The van der Waals surface area contributed by atoms with Crippen LogP contribution in [-0.4, -0.2) is 51.0 Å². The fourth-order valence-electron chi connectivity index (χ4n) is 3.52. The molecule has 1 fully saturated rings. The van der Waals surface area contributed by atoms with Crippen LogP contribution in [0.15, 0.2) is 33.8 Å². The molecule has 30 heavy (non-hydrogen) atoms. The third-order valence-electron chi connectivity index (χ3n) is 5.24. The lowest BCUT2D eigenvalue weighted by Gasteiger charge is -2.34. The van der Waals surface area contributed by atoms with Crippen molar-refractivity contribution >= 4 is 11.6 Å². The fraction of sp³-hybridized carbons (Fsp3) is 0.545. The summed E-state index contributed by atoms with van der Waals surface area (Å²) in [5.41, 5.74) is 2.09. The summed E-state index contributed by atoms with van der Waals surface area (Å²) >= 11 is 0. The minimum atomic E-state index is 0.368. The lowest BCUT2D eigenvalue weighted by atomic mass is 10.0. The number of hydrogen-bond acceptors (Lipinski definition) is 6.